The van der Waals surface area contributed by atoms with Crippen LogP contribution in [0.25, 0.3) is 0 Å². The van der Waals surface area contributed by atoms with Crippen LogP contribution in [-0.4, -0.2) is 23.0 Å². The van der Waals surface area contributed by atoms with Crippen LogP contribution in [0.2, 0.25) is 0 Å². The molecule has 2 nitrogen and oxygen atoms in total. The van der Waals surface area contributed by atoms with Crippen LogP contribution in [0.3, 0.4) is 0 Å². The first-order valence-electron chi connectivity index (χ1n) is 5.80. The summed E-state index contributed by atoms with van der Waals surface area (Å²) < 4.78 is 0.217. The Morgan fingerprint density at radius 1 is 1.59 bits per heavy atom. The average Bonchev–Trinajstić information content (AvgIpc) is 2.74. The summed E-state index contributed by atoms with van der Waals surface area (Å²) in [5.74, 6) is 1.20. The van der Waals surface area contributed by atoms with E-state index < -0.39 is 0 Å². The molecular weight excluding hydrogens is 250 g/mol. The van der Waals surface area contributed by atoms with Crippen molar-refractivity contribution in [3.05, 3.63) is 29.8 Å². The summed E-state index contributed by atoms with van der Waals surface area (Å²) in [5.41, 5.74) is 0.684. The highest BCUT2D eigenvalue weighted by Crippen LogP contribution is 2.36. The van der Waals surface area contributed by atoms with Crippen molar-refractivity contribution in [2.24, 2.45) is 0 Å². The van der Waals surface area contributed by atoms with Crippen LogP contribution < -0.4 is 5.32 Å². The second-order valence-corrected chi connectivity index (χ2v) is 6.83. The summed E-state index contributed by atoms with van der Waals surface area (Å²) >= 11 is 6.19. The summed E-state index contributed by atoms with van der Waals surface area (Å²) in [5, 5.41) is 3.01. The van der Waals surface area contributed by atoms with Crippen LogP contribution in [0.5, 0.6) is 0 Å². The maximum atomic E-state index is 11.9. The average molecular weight is 267 g/mol. The lowest BCUT2D eigenvalue weighted by atomic mass is 10.1. The van der Waals surface area contributed by atoms with E-state index in [0.29, 0.717) is 5.56 Å². The first-order valence-corrected chi connectivity index (χ1v) is 7.24. The lowest BCUT2D eigenvalue weighted by Gasteiger charge is -2.22. The molecule has 0 aliphatic carbocycles. The van der Waals surface area contributed by atoms with Gasteiger partial charge >= 0.3 is 0 Å². The van der Waals surface area contributed by atoms with Gasteiger partial charge in [0, 0.05) is 21.8 Å². The van der Waals surface area contributed by atoms with Crippen molar-refractivity contribution in [2.45, 2.75) is 29.4 Å². The maximum absolute atomic E-state index is 11.9. The van der Waals surface area contributed by atoms with Crippen molar-refractivity contribution in [1.82, 2.24) is 5.32 Å². The third kappa shape index (κ3) is 3.42. The van der Waals surface area contributed by atoms with Crippen LogP contribution in [0.4, 0.5) is 0 Å². The van der Waals surface area contributed by atoms with Gasteiger partial charge in [0.15, 0.2) is 0 Å². The molecule has 0 spiro atoms. The maximum Gasteiger partial charge on any atom is 0.251 e. The van der Waals surface area contributed by atoms with Crippen LogP contribution in [0.1, 0.15) is 30.1 Å². The predicted molar refractivity (Wildman–Crippen MR) is 76.1 cm³/mol. The van der Waals surface area contributed by atoms with Crippen molar-refractivity contribution in [3.8, 4) is 0 Å². The van der Waals surface area contributed by atoms with Gasteiger partial charge in [-0.05, 0) is 43.7 Å². The van der Waals surface area contributed by atoms with Crippen molar-refractivity contribution >= 4 is 30.3 Å². The zero-order valence-electron chi connectivity index (χ0n) is 9.90. The summed E-state index contributed by atoms with van der Waals surface area (Å²) in [6.07, 6.45) is 2.44. The first-order chi connectivity index (χ1) is 8.09. The minimum absolute atomic E-state index is 0.00498. The molecule has 17 heavy (non-hydrogen) atoms. The van der Waals surface area contributed by atoms with Gasteiger partial charge in [-0.25, -0.2) is 0 Å². The topological polar surface area (TPSA) is 29.1 Å². The molecule has 1 atom stereocenters. The molecule has 1 aliphatic heterocycles. The number of benzene rings is 1. The largest absolute Gasteiger partial charge is 0.351 e. The molecule has 2 rings (SSSR count). The number of nitrogens with one attached hydrogen (secondary N) is 1. The number of carbonyl (C=O) groups excluding carboxylic acids is 1. The van der Waals surface area contributed by atoms with Gasteiger partial charge in [-0.3, -0.25) is 4.79 Å². The van der Waals surface area contributed by atoms with E-state index in [9.17, 15) is 4.79 Å². The summed E-state index contributed by atoms with van der Waals surface area (Å²) in [7, 11) is 0. The summed E-state index contributed by atoms with van der Waals surface area (Å²) in [4.78, 5) is 12.8. The van der Waals surface area contributed by atoms with E-state index in [1.165, 1.54) is 18.6 Å². The molecule has 1 amide bonds. The molecule has 1 heterocycles. The molecule has 1 saturated heterocycles. The van der Waals surface area contributed by atoms with E-state index in [1.54, 1.807) is 6.07 Å². The molecule has 1 unspecified atom stereocenters. The van der Waals surface area contributed by atoms with Gasteiger partial charge < -0.3 is 5.32 Å². The van der Waals surface area contributed by atoms with Gasteiger partial charge in [0.1, 0.15) is 0 Å². The zero-order valence-corrected chi connectivity index (χ0v) is 11.6. The van der Waals surface area contributed by atoms with Gasteiger partial charge in [-0.1, -0.05) is 6.07 Å². The molecule has 1 N–H and O–H groups in total. The fourth-order valence-electron chi connectivity index (χ4n) is 1.99. The second-order valence-electron chi connectivity index (χ2n) is 4.63. The van der Waals surface area contributed by atoms with Crippen LogP contribution in [0, 0.1) is 0 Å². The quantitative estimate of drug-likeness (QED) is 0.824. The zero-order chi connectivity index (χ0) is 12.3. The third-order valence-electron chi connectivity index (χ3n) is 3.03. The van der Waals surface area contributed by atoms with E-state index in [4.69, 9.17) is 0 Å². The smallest absolute Gasteiger partial charge is 0.251 e. The Kier molecular flexibility index (Phi) is 4.05. The van der Waals surface area contributed by atoms with Crippen molar-refractivity contribution < 1.29 is 4.79 Å². The van der Waals surface area contributed by atoms with E-state index in [0.717, 1.165) is 11.4 Å². The Labute approximate surface area is 112 Å². The minimum atomic E-state index is -0.00498. The SMILES string of the molecule is CC1(CNC(=O)c2cccc(S)c2)CCCS1. The van der Waals surface area contributed by atoms with Crippen molar-refractivity contribution in [1.29, 1.82) is 0 Å². The highest BCUT2D eigenvalue weighted by atomic mass is 32.2. The number of hydrogen-bond acceptors (Lipinski definition) is 3. The lowest BCUT2D eigenvalue weighted by Crippen LogP contribution is -2.36. The fourth-order valence-corrected chi connectivity index (χ4v) is 3.46. The molecule has 0 radical (unpaired) electrons. The van der Waals surface area contributed by atoms with E-state index in [2.05, 4.69) is 24.9 Å². The van der Waals surface area contributed by atoms with Crippen LogP contribution in [0.15, 0.2) is 29.2 Å². The van der Waals surface area contributed by atoms with Crippen molar-refractivity contribution in [2.75, 3.05) is 12.3 Å². The molecule has 0 aromatic heterocycles. The number of hydrogen-bond donors (Lipinski definition) is 2. The Morgan fingerprint density at radius 3 is 3.06 bits per heavy atom. The molecule has 1 aromatic carbocycles. The monoisotopic (exact) mass is 267 g/mol. The normalized spacial score (nSPS) is 23.6. The summed E-state index contributed by atoms with van der Waals surface area (Å²) in [6.45, 7) is 2.97. The number of rotatable bonds is 3. The van der Waals surface area contributed by atoms with Crippen LogP contribution in [-0.2, 0) is 0 Å². The Hall–Kier alpha value is -0.610. The van der Waals surface area contributed by atoms with Gasteiger partial charge in [-0.2, -0.15) is 11.8 Å². The van der Waals surface area contributed by atoms with Gasteiger partial charge in [-0.15, -0.1) is 12.6 Å². The second kappa shape index (κ2) is 5.36. The summed E-state index contributed by atoms with van der Waals surface area (Å²) in [6, 6.07) is 7.33. The van der Waals surface area contributed by atoms with Gasteiger partial charge in [0.25, 0.3) is 5.91 Å². The molecule has 1 fully saturated rings. The molecule has 1 aliphatic rings. The van der Waals surface area contributed by atoms with E-state index in [1.807, 2.05) is 30.0 Å². The Morgan fingerprint density at radius 2 is 2.41 bits per heavy atom. The first kappa shape index (κ1) is 12.8. The number of thioether (sulfide) groups is 1. The molecule has 0 bridgehead atoms. The predicted octanol–water partition coefficient (Wildman–Crippen LogP) is 2.99. The van der Waals surface area contributed by atoms with E-state index in [-0.39, 0.29) is 10.7 Å². The minimum Gasteiger partial charge on any atom is -0.351 e. The standard InChI is InChI=1S/C13H17NOS2/c1-13(6-3-7-17-13)9-14-12(15)10-4-2-5-11(16)8-10/h2,4-5,8,16H,3,6-7,9H2,1H3,(H,14,15). The van der Waals surface area contributed by atoms with Gasteiger partial charge in [0.05, 0.1) is 0 Å². The van der Waals surface area contributed by atoms with Crippen molar-refractivity contribution in [3.63, 3.8) is 0 Å². The third-order valence-corrected chi connectivity index (χ3v) is 4.85. The highest BCUT2D eigenvalue weighted by Gasteiger charge is 2.29. The molecule has 92 valence electrons. The molecule has 4 heteroatoms. The molecule has 0 saturated carbocycles. The van der Waals surface area contributed by atoms with Crippen LogP contribution >= 0.6 is 24.4 Å². The molecular formula is C13H17NOS2. The fraction of sp³-hybridized carbons (Fsp3) is 0.462. The number of thiol groups is 1. The number of carbonyl (C=O) groups is 1. The lowest BCUT2D eigenvalue weighted by molar-refractivity contribution is 0.0949. The Balaban J connectivity index is 1.93. The number of amides is 1. The highest BCUT2D eigenvalue weighted by molar-refractivity contribution is 8.00. The van der Waals surface area contributed by atoms with E-state index >= 15 is 0 Å². The Bertz CT molecular complexity index is 414. The van der Waals surface area contributed by atoms with Gasteiger partial charge in [0.2, 0.25) is 0 Å². The molecule has 1 aromatic rings.